The van der Waals surface area contributed by atoms with Gasteiger partial charge < -0.3 is 41.2 Å². The van der Waals surface area contributed by atoms with E-state index in [1.165, 1.54) is 6.42 Å². The van der Waals surface area contributed by atoms with E-state index in [1.54, 1.807) is 7.11 Å². The molecule has 3 amide bonds. The molecule has 1 aliphatic heterocycles. The van der Waals surface area contributed by atoms with Gasteiger partial charge in [-0.05, 0) is 55.9 Å². The van der Waals surface area contributed by atoms with E-state index in [1.807, 2.05) is 49.1 Å². The number of carbonyl (C=O) groups is 3. The number of likely N-dealkylation sites (tertiary alicyclic amines) is 1. The van der Waals surface area contributed by atoms with Crippen LogP contribution in [0.25, 0.3) is 0 Å². The fourth-order valence-corrected chi connectivity index (χ4v) is 7.97. The van der Waals surface area contributed by atoms with Crippen LogP contribution in [-0.2, 0) is 30.3 Å². The highest BCUT2D eigenvalue weighted by Crippen LogP contribution is 2.30. The molecule has 0 radical (unpaired) electrons. The van der Waals surface area contributed by atoms with Crippen LogP contribution in [-0.4, -0.2) is 113 Å². The summed E-state index contributed by atoms with van der Waals surface area (Å²) in [5.74, 6) is 0.00851. The summed E-state index contributed by atoms with van der Waals surface area (Å²) in [4.78, 5) is 48.0. The van der Waals surface area contributed by atoms with E-state index in [4.69, 9.17) is 15.2 Å². The molecule has 4 rings (SSSR count). The smallest absolute Gasteiger partial charge is 0.241 e. The number of carbonyl (C=O) groups excluding carboxylic acids is 3. The average molecular weight is 784 g/mol. The van der Waals surface area contributed by atoms with E-state index in [-0.39, 0.29) is 48.9 Å². The van der Waals surface area contributed by atoms with Crippen LogP contribution in [0, 0.1) is 17.8 Å². The number of aromatic nitrogens is 3. The first-order valence-corrected chi connectivity index (χ1v) is 20.9. The molecule has 0 bridgehead atoms. The molecule has 5 atom stereocenters. The number of nitrogens with two attached hydrogens (primary N) is 1. The standard InChI is InChI=1S/C41H69N9O6/c1-5-6-17-33(45-35(25-30-15-11-8-12-16-30)39(54)50-22-18-31(19-23-50)56-27-55-4)38(53)46-34(24-29-13-9-7-10-14-29)36(51)26-32(28(2)3)37(52)43-20-21-44-41-47-40(42)48-49-41/h8,11-12,15-16,28-29,31-36,45,51H,5-7,9-10,13-14,17-27H2,1-4H3,(H,43,52)(H,46,53)(H4,42,44,47,48,49)/t32-,33-,34-,35?,36-/m0/s1. The van der Waals surface area contributed by atoms with Gasteiger partial charge in [-0.25, -0.2) is 5.10 Å². The molecule has 56 heavy (non-hydrogen) atoms. The Hall–Kier alpha value is -3.79. The molecule has 15 heteroatoms. The van der Waals surface area contributed by atoms with Crippen LogP contribution in [0.5, 0.6) is 0 Å². The molecule has 2 aromatic rings. The van der Waals surface area contributed by atoms with Crippen LogP contribution in [0.15, 0.2) is 30.3 Å². The summed E-state index contributed by atoms with van der Waals surface area (Å²) in [5, 5.41) is 31.2. The van der Waals surface area contributed by atoms with Crippen LogP contribution in [0.3, 0.4) is 0 Å². The number of aliphatic hydroxyl groups is 1. The van der Waals surface area contributed by atoms with E-state index < -0.39 is 30.1 Å². The highest BCUT2D eigenvalue weighted by Gasteiger charge is 2.35. The lowest BCUT2D eigenvalue weighted by Crippen LogP contribution is -2.58. The number of aliphatic hydroxyl groups excluding tert-OH is 1. The van der Waals surface area contributed by atoms with Crippen molar-refractivity contribution in [2.24, 2.45) is 17.8 Å². The number of nitrogen functional groups attached to an aromatic ring is 1. The van der Waals surface area contributed by atoms with Crippen molar-refractivity contribution in [2.75, 3.05) is 51.1 Å². The molecule has 1 saturated heterocycles. The molecule has 1 saturated carbocycles. The van der Waals surface area contributed by atoms with Crippen LogP contribution in [0.1, 0.15) is 103 Å². The van der Waals surface area contributed by atoms with E-state index in [0.29, 0.717) is 57.3 Å². The molecule has 2 heterocycles. The van der Waals surface area contributed by atoms with Gasteiger partial charge in [-0.15, -0.1) is 5.10 Å². The second kappa shape index (κ2) is 24.1. The van der Waals surface area contributed by atoms with Gasteiger partial charge in [0.15, 0.2) is 0 Å². The second-order valence-corrected chi connectivity index (χ2v) is 16.0. The maximum Gasteiger partial charge on any atom is 0.241 e. The summed E-state index contributed by atoms with van der Waals surface area (Å²) in [5.41, 5.74) is 6.58. The summed E-state index contributed by atoms with van der Waals surface area (Å²) < 4.78 is 10.9. The van der Waals surface area contributed by atoms with E-state index in [2.05, 4.69) is 43.4 Å². The van der Waals surface area contributed by atoms with Gasteiger partial charge in [-0.3, -0.25) is 19.7 Å². The van der Waals surface area contributed by atoms with Crippen molar-refractivity contribution in [3.05, 3.63) is 35.9 Å². The molecule has 1 aliphatic carbocycles. The number of aromatic amines is 1. The zero-order chi connectivity index (χ0) is 40.3. The number of anilines is 2. The van der Waals surface area contributed by atoms with Gasteiger partial charge >= 0.3 is 0 Å². The summed E-state index contributed by atoms with van der Waals surface area (Å²) in [6, 6.07) is 8.09. The molecule has 1 aromatic heterocycles. The zero-order valence-corrected chi connectivity index (χ0v) is 34.1. The number of methoxy groups -OCH3 is 1. The molecule has 1 aromatic carbocycles. The number of amides is 3. The van der Waals surface area contributed by atoms with Gasteiger partial charge in [0.05, 0.1) is 30.3 Å². The Morgan fingerprint density at radius 3 is 2.39 bits per heavy atom. The molecule has 2 fully saturated rings. The average Bonchev–Trinajstić information content (AvgIpc) is 3.63. The summed E-state index contributed by atoms with van der Waals surface area (Å²) >= 11 is 0. The fraction of sp³-hybridized carbons (Fsp3) is 0.732. The Kier molecular flexibility index (Phi) is 19.3. The highest BCUT2D eigenvalue weighted by atomic mass is 16.7. The number of hydrogen-bond donors (Lipinski definition) is 7. The van der Waals surface area contributed by atoms with Crippen molar-refractivity contribution < 1.29 is 29.0 Å². The number of benzene rings is 1. The lowest BCUT2D eigenvalue weighted by atomic mass is 9.81. The minimum atomic E-state index is -0.940. The minimum Gasteiger partial charge on any atom is -0.391 e. The first kappa shape index (κ1) is 44.9. The molecular formula is C41H69N9O6. The Morgan fingerprint density at radius 1 is 1.02 bits per heavy atom. The number of nitrogens with zero attached hydrogens (tertiary/aromatic N) is 3. The Balaban J connectivity index is 1.47. The summed E-state index contributed by atoms with van der Waals surface area (Å²) in [6.07, 6.45) is 9.62. The summed E-state index contributed by atoms with van der Waals surface area (Å²) in [6.45, 7) is 8.16. The largest absolute Gasteiger partial charge is 0.391 e. The second-order valence-electron chi connectivity index (χ2n) is 16.0. The third-order valence-corrected chi connectivity index (χ3v) is 11.3. The topological polar surface area (TPSA) is 209 Å². The molecular weight excluding hydrogens is 715 g/mol. The number of unbranched alkanes of at least 4 members (excludes halogenated alkanes) is 1. The van der Waals surface area contributed by atoms with Crippen LogP contribution >= 0.6 is 0 Å². The maximum atomic E-state index is 14.4. The lowest BCUT2D eigenvalue weighted by molar-refractivity contribution is -0.139. The van der Waals surface area contributed by atoms with Crippen molar-refractivity contribution in [1.29, 1.82) is 0 Å². The Morgan fingerprint density at radius 2 is 1.75 bits per heavy atom. The fourth-order valence-electron chi connectivity index (χ4n) is 7.97. The van der Waals surface area contributed by atoms with Crippen LogP contribution < -0.4 is 27.0 Å². The maximum absolute atomic E-state index is 14.4. The Labute approximate surface area is 333 Å². The molecule has 2 aliphatic rings. The van der Waals surface area contributed by atoms with Crippen LogP contribution in [0.2, 0.25) is 0 Å². The van der Waals surface area contributed by atoms with Gasteiger partial charge in [0.25, 0.3) is 0 Å². The Bertz CT molecular complexity index is 1430. The lowest BCUT2D eigenvalue weighted by Gasteiger charge is -2.36. The van der Waals surface area contributed by atoms with E-state index in [0.717, 1.165) is 56.9 Å². The van der Waals surface area contributed by atoms with Gasteiger partial charge in [-0.2, -0.15) is 4.98 Å². The van der Waals surface area contributed by atoms with Crippen molar-refractivity contribution in [3.8, 4) is 0 Å². The number of piperidine rings is 1. The predicted octanol–water partition coefficient (Wildman–Crippen LogP) is 3.76. The molecule has 8 N–H and O–H groups in total. The third-order valence-electron chi connectivity index (χ3n) is 11.3. The van der Waals surface area contributed by atoms with Crippen molar-refractivity contribution >= 4 is 29.6 Å². The molecule has 314 valence electrons. The van der Waals surface area contributed by atoms with Gasteiger partial charge in [-0.1, -0.05) is 96.0 Å². The normalized spacial score (nSPS) is 18.2. The SMILES string of the molecule is CCCC[C@H](NC(Cc1ccccc1)C(=O)N1CCC(OCOC)CC1)C(=O)N[C@@H](CC1CCCCC1)[C@@H](O)C[C@H](C(=O)NCCNc1nc(N)n[nH]1)C(C)C. The minimum absolute atomic E-state index is 0.0296. The number of H-pyrrole nitrogens is 1. The number of rotatable bonds is 24. The van der Waals surface area contributed by atoms with Crippen LogP contribution in [0.4, 0.5) is 11.9 Å². The number of hydrogen-bond acceptors (Lipinski definition) is 11. The van der Waals surface area contributed by atoms with Gasteiger partial charge in [0.2, 0.25) is 29.6 Å². The van der Waals surface area contributed by atoms with E-state index in [9.17, 15) is 19.5 Å². The number of nitrogens with one attached hydrogen (secondary N) is 5. The number of ether oxygens (including phenoxy) is 2. The van der Waals surface area contributed by atoms with Crippen molar-refractivity contribution in [2.45, 2.75) is 135 Å². The molecule has 0 spiro atoms. The quantitative estimate of drug-likeness (QED) is 0.0603. The molecule has 15 nitrogen and oxygen atoms in total. The molecule has 1 unspecified atom stereocenters. The van der Waals surface area contributed by atoms with Crippen molar-refractivity contribution in [3.63, 3.8) is 0 Å². The first-order chi connectivity index (χ1) is 27.1. The first-order valence-electron chi connectivity index (χ1n) is 20.9. The third kappa shape index (κ3) is 14.9. The van der Waals surface area contributed by atoms with Gasteiger partial charge in [0.1, 0.15) is 6.79 Å². The predicted molar refractivity (Wildman–Crippen MR) is 217 cm³/mol. The van der Waals surface area contributed by atoms with Crippen molar-refractivity contribution in [1.82, 2.24) is 36.0 Å². The highest BCUT2D eigenvalue weighted by molar-refractivity contribution is 5.86. The summed E-state index contributed by atoms with van der Waals surface area (Å²) in [7, 11) is 1.60. The van der Waals surface area contributed by atoms with Gasteiger partial charge in [0, 0.05) is 39.2 Å². The van der Waals surface area contributed by atoms with E-state index >= 15 is 0 Å². The monoisotopic (exact) mass is 784 g/mol. The zero-order valence-electron chi connectivity index (χ0n) is 34.1.